The second-order valence-corrected chi connectivity index (χ2v) is 7.19. The molecule has 0 amide bonds. The van der Waals surface area contributed by atoms with Crippen LogP contribution in [-0.2, 0) is 25.5 Å². The Balaban J connectivity index is 2.62. The van der Waals surface area contributed by atoms with E-state index in [1.165, 1.54) is 6.08 Å². The van der Waals surface area contributed by atoms with Gasteiger partial charge in [-0.25, -0.2) is 4.18 Å². The van der Waals surface area contributed by atoms with E-state index in [2.05, 4.69) is 4.18 Å². The SMILES string of the molecule is O=S(=O)(O)O[C@@H](CO)[C@H](O)C[S+]1C=C[C@H](O)[C@H]1CO. The third-order valence-electron chi connectivity index (χ3n) is 2.62. The smallest absolute Gasteiger partial charge is 0.394 e. The fourth-order valence-corrected chi connectivity index (χ4v) is 4.32. The van der Waals surface area contributed by atoms with Crippen molar-refractivity contribution in [2.24, 2.45) is 0 Å². The quantitative estimate of drug-likeness (QED) is 0.254. The highest BCUT2D eigenvalue weighted by molar-refractivity contribution is 8.00. The molecule has 5 atom stereocenters. The van der Waals surface area contributed by atoms with Gasteiger partial charge in [0, 0.05) is 10.9 Å². The molecular formula is C9H17O8S2+. The summed E-state index contributed by atoms with van der Waals surface area (Å²) in [7, 11) is -5.45. The minimum absolute atomic E-state index is 0.000463. The Morgan fingerprint density at radius 3 is 2.47 bits per heavy atom. The molecule has 10 heteroatoms. The Morgan fingerprint density at radius 2 is 2.00 bits per heavy atom. The minimum atomic E-state index is -4.78. The zero-order valence-electron chi connectivity index (χ0n) is 9.86. The van der Waals surface area contributed by atoms with Crippen LogP contribution < -0.4 is 0 Å². The maximum Gasteiger partial charge on any atom is 0.397 e. The van der Waals surface area contributed by atoms with Crippen molar-refractivity contribution >= 4 is 21.3 Å². The highest BCUT2D eigenvalue weighted by atomic mass is 32.3. The van der Waals surface area contributed by atoms with Crippen LogP contribution in [-0.4, -0.2) is 75.9 Å². The largest absolute Gasteiger partial charge is 0.397 e. The summed E-state index contributed by atoms with van der Waals surface area (Å²) < 4.78 is 33.7. The molecular weight excluding hydrogens is 300 g/mol. The van der Waals surface area contributed by atoms with Gasteiger partial charge in [0.1, 0.15) is 29.5 Å². The lowest BCUT2D eigenvalue weighted by molar-refractivity contribution is 0.0113. The van der Waals surface area contributed by atoms with Crippen LogP contribution in [0.3, 0.4) is 0 Å². The van der Waals surface area contributed by atoms with Gasteiger partial charge in [-0.2, -0.15) is 8.42 Å². The van der Waals surface area contributed by atoms with Crippen molar-refractivity contribution in [2.45, 2.75) is 23.6 Å². The molecule has 1 heterocycles. The second kappa shape index (κ2) is 6.99. The normalized spacial score (nSPS) is 30.5. The molecule has 1 aliphatic rings. The average Bonchev–Trinajstić information content (AvgIpc) is 2.65. The first kappa shape index (κ1) is 16.9. The summed E-state index contributed by atoms with van der Waals surface area (Å²) in [6, 6.07) is 0. The van der Waals surface area contributed by atoms with Gasteiger partial charge in [0.25, 0.3) is 0 Å². The summed E-state index contributed by atoms with van der Waals surface area (Å²) >= 11 is 0. The zero-order valence-corrected chi connectivity index (χ0v) is 11.5. The summed E-state index contributed by atoms with van der Waals surface area (Å²) in [6.45, 7) is -1.08. The number of aliphatic hydroxyl groups excluding tert-OH is 4. The van der Waals surface area contributed by atoms with Crippen LogP contribution in [0, 0.1) is 0 Å². The van der Waals surface area contributed by atoms with Crippen LogP contribution >= 0.6 is 0 Å². The molecule has 0 radical (unpaired) electrons. The second-order valence-electron chi connectivity index (χ2n) is 3.99. The summed E-state index contributed by atoms with van der Waals surface area (Å²) in [5.74, 6) is -0.000463. The number of rotatable bonds is 7. The van der Waals surface area contributed by atoms with Gasteiger partial charge < -0.3 is 20.4 Å². The van der Waals surface area contributed by atoms with E-state index in [9.17, 15) is 18.6 Å². The van der Waals surface area contributed by atoms with E-state index >= 15 is 0 Å². The van der Waals surface area contributed by atoms with Crippen molar-refractivity contribution < 1.29 is 37.6 Å². The van der Waals surface area contributed by atoms with Crippen LogP contribution in [0.4, 0.5) is 0 Å². The fraction of sp³-hybridized carbons (Fsp3) is 0.778. The monoisotopic (exact) mass is 317 g/mol. The highest BCUT2D eigenvalue weighted by Crippen LogP contribution is 2.22. The third kappa shape index (κ3) is 5.00. The maximum absolute atomic E-state index is 10.5. The zero-order chi connectivity index (χ0) is 14.6. The minimum Gasteiger partial charge on any atom is -0.394 e. The first-order valence-corrected chi connectivity index (χ1v) is 8.27. The average molecular weight is 317 g/mol. The number of aliphatic hydroxyl groups is 4. The summed E-state index contributed by atoms with van der Waals surface area (Å²) in [5.41, 5.74) is 0. The lowest BCUT2D eigenvalue weighted by atomic mass is 10.2. The lowest BCUT2D eigenvalue weighted by Gasteiger charge is -2.20. The van der Waals surface area contributed by atoms with Gasteiger partial charge in [0.2, 0.25) is 0 Å². The van der Waals surface area contributed by atoms with Crippen molar-refractivity contribution in [1.29, 1.82) is 0 Å². The van der Waals surface area contributed by atoms with Crippen molar-refractivity contribution in [3.63, 3.8) is 0 Å². The molecule has 19 heavy (non-hydrogen) atoms. The van der Waals surface area contributed by atoms with E-state index in [0.29, 0.717) is 0 Å². The predicted molar refractivity (Wildman–Crippen MR) is 67.8 cm³/mol. The highest BCUT2D eigenvalue weighted by Gasteiger charge is 2.42. The molecule has 1 unspecified atom stereocenters. The van der Waals surface area contributed by atoms with Gasteiger partial charge in [-0.05, 0) is 6.08 Å². The van der Waals surface area contributed by atoms with E-state index in [0.717, 1.165) is 0 Å². The first-order valence-electron chi connectivity index (χ1n) is 5.39. The first-order chi connectivity index (χ1) is 8.78. The van der Waals surface area contributed by atoms with E-state index in [-0.39, 0.29) is 12.4 Å². The molecule has 112 valence electrons. The number of hydrogen-bond donors (Lipinski definition) is 5. The standard InChI is InChI=1S/C9H16O8S2/c10-3-8(17-19(14,15)16)7(13)5-18-2-1-6(12)9(18)4-11/h1-2,6-13H,3-5H2/p+1/t6-,7+,8-,9+,18?/m0/s1. The van der Waals surface area contributed by atoms with E-state index in [4.69, 9.17) is 14.8 Å². The Kier molecular flexibility index (Phi) is 6.20. The molecule has 0 aromatic carbocycles. The Morgan fingerprint density at radius 1 is 1.37 bits per heavy atom. The molecule has 5 N–H and O–H groups in total. The van der Waals surface area contributed by atoms with Gasteiger partial charge in [-0.15, -0.1) is 0 Å². The van der Waals surface area contributed by atoms with Gasteiger partial charge in [0.05, 0.1) is 13.2 Å². The molecule has 1 rings (SSSR count). The molecule has 0 fully saturated rings. The molecule has 0 aromatic rings. The molecule has 8 nitrogen and oxygen atoms in total. The van der Waals surface area contributed by atoms with Gasteiger partial charge >= 0.3 is 10.4 Å². The van der Waals surface area contributed by atoms with Crippen molar-refractivity contribution in [3.8, 4) is 0 Å². The fourth-order valence-electron chi connectivity index (χ4n) is 1.65. The Bertz CT molecular complexity index is 408. The van der Waals surface area contributed by atoms with Gasteiger partial charge in [0.15, 0.2) is 5.25 Å². The lowest BCUT2D eigenvalue weighted by Crippen LogP contribution is -2.42. The van der Waals surface area contributed by atoms with Crippen molar-refractivity contribution in [2.75, 3.05) is 19.0 Å². The summed E-state index contributed by atoms with van der Waals surface area (Å²) in [5, 5.41) is 38.5. The molecule has 1 aliphatic heterocycles. The van der Waals surface area contributed by atoms with E-state index < -0.39 is 51.5 Å². The van der Waals surface area contributed by atoms with Crippen LogP contribution in [0.1, 0.15) is 0 Å². The van der Waals surface area contributed by atoms with Crippen LogP contribution in [0.25, 0.3) is 0 Å². The molecule has 0 aromatic heterocycles. The van der Waals surface area contributed by atoms with Gasteiger partial charge in [-0.1, -0.05) is 0 Å². The summed E-state index contributed by atoms with van der Waals surface area (Å²) in [6.07, 6.45) is -2.20. The molecule has 0 saturated heterocycles. The Hall–Kier alpha value is -0.200. The van der Waals surface area contributed by atoms with Crippen LogP contribution in [0.5, 0.6) is 0 Å². The predicted octanol–water partition coefficient (Wildman–Crippen LogP) is -2.60. The third-order valence-corrected chi connectivity index (χ3v) is 5.55. The topological polar surface area (TPSA) is 145 Å². The van der Waals surface area contributed by atoms with Gasteiger partial charge in [-0.3, -0.25) is 4.55 Å². The molecule has 0 spiro atoms. The number of hydrogen-bond acceptors (Lipinski definition) is 7. The van der Waals surface area contributed by atoms with Crippen LogP contribution in [0.15, 0.2) is 11.5 Å². The maximum atomic E-state index is 10.5. The van der Waals surface area contributed by atoms with E-state index in [1.54, 1.807) is 5.41 Å². The van der Waals surface area contributed by atoms with E-state index in [1.807, 2.05) is 0 Å². The van der Waals surface area contributed by atoms with Crippen molar-refractivity contribution in [1.82, 2.24) is 0 Å². The van der Waals surface area contributed by atoms with Crippen molar-refractivity contribution in [3.05, 3.63) is 11.5 Å². The van der Waals surface area contributed by atoms with Crippen LogP contribution in [0.2, 0.25) is 0 Å². The molecule has 0 bridgehead atoms. The molecule has 0 saturated carbocycles. The Labute approximate surface area is 113 Å². The molecule has 0 aliphatic carbocycles. The summed E-state index contributed by atoms with van der Waals surface area (Å²) in [4.78, 5) is 0.